The zero-order chi connectivity index (χ0) is 11.6. The van der Waals surface area contributed by atoms with Crippen molar-refractivity contribution in [2.45, 2.75) is 13.3 Å². The van der Waals surface area contributed by atoms with Crippen molar-refractivity contribution >= 4 is 0 Å². The first kappa shape index (κ1) is 13.9. The van der Waals surface area contributed by atoms with Crippen molar-refractivity contribution in [3.8, 4) is 0 Å². The maximum absolute atomic E-state index is 5.32. The summed E-state index contributed by atoms with van der Waals surface area (Å²) in [7, 11) is 2.02. The Hall–Kier alpha value is -0.160. The average Bonchev–Trinajstić information content (AvgIpc) is 2.34. The standard InChI is InChI=1S/C12H27N3O/c1-3-12(10-13-2)11-14-4-5-15-6-8-16-9-7-15/h12-14H,3-11H2,1-2H3. The first-order valence-corrected chi connectivity index (χ1v) is 6.52. The highest BCUT2D eigenvalue weighted by Gasteiger charge is 2.09. The van der Waals surface area contributed by atoms with E-state index < -0.39 is 0 Å². The monoisotopic (exact) mass is 229 g/mol. The zero-order valence-corrected chi connectivity index (χ0v) is 10.8. The van der Waals surface area contributed by atoms with Crippen LogP contribution in [0.5, 0.6) is 0 Å². The number of morpholine rings is 1. The molecule has 4 heteroatoms. The Morgan fingerprint density at radius 2 is 2.00 bits per heavy atom. The molecule has 1 rings (SSSR count). The first-order chi connectivity index (χ1) is 7.86. The van der Waals surface area contributed by atoms with Crippen LogP contribution >= 0.6 is 0 Å². The van der Waals surface area contributed by atoms with E-state index in [-0.39, 0.29) is 0 Å². The lowest BCUT2D eigenvalue weighted by molar-refractivity contribution is 0.0383. The van der Waals surface area contributed by atoms with Gasteiger partial charge in [0.05, 0.1) is 13.2 Å². The maximum atomic E-state index is 5.32. The minimum Gasteiger partial charge on any atom is -0.379 e. The van der Waals surface area contributed by atoms with Gasteiger partial charge >= 0.3 is 0 Å². The van der Waals surface area contributed by atoms with Crippen LogP contribution in [-0.4, -0.2) is 64.4 Å². The fourth-order valence-corrected chi connectivity index (χ4v) is 2.02. The molecule has 1 saturated heterocycles. The molecule has 0 amide bonds. The average molecular weight is 229 g/mol. The van der Waals surface area contributed by atoms with Crippen molar-refractivity contribution in [3.05, 3.63) is 0 Å². The van der Waals surface area contributed by atoms with E-state index in [9.17, 15) is 0 Å². The largest absolute Gasteiger partial charge is 0.379 e. The molecule has 1 aliphatic heterocycles. The molecule has 0 saturated carbocycles. The Kier molecular flexibility index (Phi) is 7.76. The SMILES string of the molecule is CCC(CNC)CNCCN1CCOCC1. The summed E-state index contributed by atoms with van der Waals surface area (Å²) < 4.78 is 5.32. The van der Waals surface area contributed by atoms with Gasteiger partial charge in [-0.1, -0.05) is 13.3 Å². The molecular weight excluding hydrogens is 202 g/mol. The molecule has 0 radical (unpaired) electrons. The van der Waals surface area contributed by atoms with Crippen LogP contribution in [0.4, 0.5) is 0 Å². The van der Waals surface area contributed by atoms with E-state index in [4.69, 9.17) is 4.74 Å². The molecule has 0 aromatic rings. The third kappa shape index (κ3) is 5.80. The molecule has 1 fully saturated rings. The number of nitrogens with one attached hydrogen (secondary N) is 2. The summed E-state index contributed by atoms with van der Waals surface area (Å²) in [5.74, 6) is 0.759. The van der Waals surface area contributed by atoms with Crippen LogP contribution in [0.15, 0.2) is 0 Å². The zero-order valence-electron chi connectivity index (χ0n) is 10.8. The van der Waals surface area contributed by atoms with E-state index in [2.05, 4.69) is 22.5 Å². The van der Waals surface area contributed by atoms with E-state index in [1.165, 1.54) is 6.42 Å². The highest BCUT2D eigenvalue weighted by Crippen LogP contribution is 1.98. The summed E-state index contributed by atoms with van der Waals surface area (Å²) in [5.41, 5.74) is 0. The number of hydrogen-bond donors (Lipinski definition) is 2. The molecule has 4 nitrogen and oxygen atoms in total. The van der Waals surface area contributed by atoms with Gasteiger partial charge in [0, 0.05) is 26.2 Å². The van der Waals surface area contributed by atoms with Crippen LogP contribution in [-0.2, 0) is 4.74 Å². The minimum absolute atomic E-state index is 0.759. The highest BCUT2D eigenvalue weighted by atomic mass is 16.5. The van der Waals surface area contributed by atoms with Gasteiger partial charge in [0.15, 0.2) is 0 Å². The topological polar surface area (TPSA) is 36.5 Å². The Bertz CT molecular complexity index is 154. The fraction of sp³-hybridized carbons (Fsp3) is 1.00. The van der Waals surface area contributed by atoms with Gasteiger partial charge in [-0.05, 0) is 26.1 Å². The lowest BCUT2D eigenvalue weighted by Crippen LogP contribution is -2.41. The van der Waals surface area contributed by atoms with E-state index >= 15 is 0 Å². The Labute approximate surface area is 99.7 Å². The van der Waals surface area contributed by atoms with Gasteiger partial charge in [-0.15, -0.1) is 0 Å². The Morgan fingerprint density at radius 1 is 1.25 bits per heavy atom. The third-order valence-corrected chi connectivity index (χ3v) is 3.21. The quantitative estimate of drug-likeness (QED) is 0.581. The van der Waals surface area contributed by atoms with E-state index in [0.29, 0.717) is 0 Å². The van der Waals surface area contributed by atoms with Crippen molar-refractivity contribution < 1.29 is 4.74 Å². The highest BCUT2D eigenvalue weighted by molar-refractivity contribution is 4.66. The van der Waals surface area contributed by atoms with Crippen LogP contribution in [0.25, 0.3) is 0 Å². The smallest absolute Gasteiger partial charge is 0.0594 e. The Balaban J connectivity index is 1.97. The lowest BCUT2D eigenvalue weighted by Gasteiger charge is -2.26. The van der Waals surface area contributed by atoms with E-state index in [1.54, 1.807) is 0 Å². The predicted octanol–water partition coefficient (Wildman–Crippen LogP) is 0.154. The minimum atomic E-state index is 0.759. The van der Waals surface area contributed by atoms with E-state index in [0.717, 1.165) is 58.4 Å². The van der Waals surface area contributed by atoms with Crippen molar-refractivity contribution in [2.75, 3.05) is 59.5 Å². The molecule has 1 aliphatic rings. The lowest BCUT2D eigenvalue weighted by atomic mass is 10.1. The fourth-order valence-electron chi connectivity index (χ4n) is 2.02. The van der Waals surface area contributed by atoms with Gasteiger partial charge in [-0.25, -0.2) is 0 Å². The Morgan fingerprint density at radius 3 is 2.62 bits per heavy atom. The summed E-state index contributed by atoms with van der Waals surface area (Å²) >= 11 is 0. The molecule has 1 heterocycles. The third-order valence-electron chi connectivity index (χ3n) is 3.21. The van der Waals surface area contributed by atoms with Crippen molar-refractivity contribution in [2.24, 2.45) is 5.92 Å². The van der Waals surface area contributed by atoms with Crippen molar-refractivity contribution in [3.63, 3.8) is 0 Å². The summed E-state index contributed by atoms with van der Waals surface area (Å²) in [6, 6.07) is 0. The number of ether oxygens (including phenoxy) is 1. The van der Waals surface area contributed by atoms with Crippen LogP contribution < -0.4 is 10.6 Å². The molecule has 96 valence electrons. The molecular formula is C12H27N3O. The van der Waals surface area contributed by atoms with Gasteiger partial charge < -0.3 is 15.4 Å². The van der Waals surface area contributed by atoms with Crippen molar-refractivity contribution in [1.29, 1.82) is 0 Å². The van der Waals surface area contributed by atoms with Crippen LogP contribution in [0.3, 0.4) is 0 Å². The predicted molar refractivity (Wildman–Crippen MR) is 67.8 cm³/mol. The van der Waals surface area contributed by atoms with Gasteiger partial charge in [-0.3, -0.25) is 4.90 Å². The summed E-state index contributed by atoms with van der Waals surface area (Å²) in [6.45, 7) is 10.7. The summed E-state index contributed by atoms with van der Waals surface area (Å²) in [5, 5.41) is 6.79. The van der Waals surface area contributed by atoms with Gasteiger partial charge in [0.2, 0.25) is 0 Å². The molecule has 0 aliphatic carbocycles. The van der Waals surface area contributed by atoms with Crippen LogP contribution in [0, 0.1) is 5.92 Å². The van der Waals surface area contributed by atoms with Gasteiger partial charge in [0.25, 0.3) is 0 Å². The molecule has 2 N–H and O–H groups in total. The van der Waals surface area contributed by atoms with Gasteiger partial charge in [0.1, 0.15) is 0 Å². The second kappa shape index (κ2) is 8.93. The normalized spacial score (nSPS) is 19.9. The molecule has 0 spiro atoms. The molecule has 0 bridgehead atoms. The summed E-state index contributed by atoms with van der Waals surface area (Å²) in [4.78, 5) is 2.47. The van der Waals surface area contributed by atoms with Crippen LogP contribution in [0.1, 0.15) is 13.3 Å². The molecule has 0 aromatic carbocycles. The second-order valence-corrected chi connectivity index (χ2v) is 4.49. The summed E-state index contributed by atoms with van der Waals surface area (Å²) in [6.07, 6.45) is 1.24. The molecule has 1 atom stereocenters. The molecule has 16 heavy (non-hydrogen) atoms. The second-order valence-electron chi connectivity index (χ2n) is 4.49. The van der Waals surface area contributed by atoms with Crippen molar-refractivity contribution in [1.82, 2.24) is 15.5 Å². The molecule has 1 unspecified atom stereocenters. The number of nitrogens with zero attached hydrogens (tertiary/aromatic N) is 1. The molecule has 0 aromatic heterocycles. The first-order valence-electron chi connectivity index (χ1n) is 6.52. The maximum Gasteiger partial charge on any atom is 0.0594 e. The number of rotatable bonds is 8. The van der Waals surface area contributed by atoms with E-state index in [1.807, 2.05) is 7.05 Å². The number of hydrogen-bond acceptors (Lipinski definition) is 4. The van der Waals surface area contributed by atoms with Crippen LogP contribution in [0.2, 0.25) is 0 Å². The van der Waals surface area contributed by atoms with Gasteiger partial charge in [-0.2, -0.15) is 0 Å².